The number of hydrogen-bond donors (Lipinski definition) is 1. The maximum atomic E-state index is 14.7. The van der Waals surface area contributed by atoms with Crippen LogP contribution in [0.1, 0.15) is 18.9 Å². The van der Waals surface area contributed by atoms with Crippen molar-refractivity contribution in [2.24, 2.45) is 0 Å². The molecule has 3 saturated heterocycles. The minimum Gasteiger partial charge on any atom is -0.384 e. The monoisotopic (exact) mass is 519 g/mol. The average Bonchev–Trinajstić information content (AvgIpc) is 3.40. The number of anilines is 3. The van der Waals surface area contributed by atoms with E-state index >= 15 is 0 Å². The van der Waals surface area contributed by atoms with Crippen molar-refractivity contribution in [3.05, 3.63) is 17.8 Å². The number of alkyl halides is 6. The summed E-state index contributed by atoms with van der Waals surface area (Å²) in [6.45, 7) is 0.340. The van der Waals surface area contributed by atoms with Crippen LogP contribution in [0.25, 0.3) is 11.4 Å². The van der Waals surface area contributed by atoms with Gasteiger partial charge in [-0.3, -0.25) is 0 Å². The van der Waals surface area contributed by atoms with Gasteiger partial charge in [-0.2, -0.15) is 15.0 Å². The first kappa shape index (κ1) is 24.7. The van der Waals surface area contributed by atoms with Crippen LogP contribution in [0.15, 0.2) is 12.3 Å². The Hall–Kier alpha value is -2.94. The quantitative estimate of drug-likeness (QED) is 0.577. The van der Waals surface area contributed by atoms with E-state index in [9.17, 15) is 26.3 Å². The van der Waals surface area contributed by atoms with Crippen LogP contribution in [0.4, 0.5) is 44.1 Å². The number of nitrogens with two attached hydrogens (primary N) is 1. The highest BCUT2D eigenvalue weighted by Crippen LogP contribution is 2.39. The topological polar surface area (TPSA) is 103 Å². The minimum absolute atomic E-state index is 0.151. The number of hydrogen-bond acceptors (Lipinski definition) is 9. The van der Waals surface area contributed by atoms with Crippen molar-refractivity contribution in [2.45, 2.75) is 56.2 Å². The van der Waals surface area contributed by atoms with Gasteiger partial charge >= 0.3 is 0 Å². The lowest BCUT2D eigenvalue weighted by molar-refractivity contribution is 0.0798. The molecular formula is C21H23F6N7O2. The van der Waals surface area contributed by atoms with Gasteiger partial charge in [0.05, 0.1) is 37.9 Å². The number of halogens is 6. The van der Waals surface area contributed by atoms with E-state index in [0.29, 0.717) is 0 Å². The number of fused-ring (bicyclic) bond motifs is 2. The number of nitrogen functional groups attached to an aromatic ring is 1. The molecule has 5 rings (SSSR count). The summed E-state index contributed by atoms with van der Waals surface area (Å²) >= 11 is 0. The molecule has 3 aliphatic rings. The lowest BCUT2D eigenvalue weighted by Crippen LogP contribution is -2.49. The molecule has 0 saturated carbocycles. The number of ether oxygens (including phenoxy) is 2. The fourth-order valence-electron chi connectivity index (χ4n) is 4.73. The first-order chi connectivity index (χ1) is 17.2. The highest BCUT2D eigenvalue weighted by atomic mass is 19.3. The minimum atomic E-state index is -2.98. The van der Waals surface area contributed by atoms with Crippen molar-refractivity contribution in [1.82, 2.24) is 19.9 Å². The van der Waals surface area contributed by atoms with Gasteiger partial charge in [-0.05, 0) is 13.0 Å². The maximum absolute atomic E-state index is 14.7. The molecule has 7 atom stereocenters. The van der Waals surface area contributed by atoms with Gasteiger partial charge in [-0.15, -0.1) is 0 Å². The normalized spacial score (nSPS) is 29.7. The molecule has 0 aromatic carbocycles. The summed E-state index contributed by atoms with van der Waals surface area (Å²) in [7, 11) is 0. The zero-order valence-corrected chi connectivity index (χ0v) is 18.9. The van der Waals surface area contributed by atoms with Gasteiger partial charge in [0, 0.05) is 17.3 Å². The lowest BCUT2D eigenvalue weighted by Gasteiger charge is -2.35. The number of aromatic nitrogens is 4. The Kier molecular flexibility index (Phi) is 6.53. The van der Waals surface area contributed by atoms with Crippen molar-refractivity contribution in [1.29, 1.82) is 0 Å². The third kappa shape index (κ3) is 4.17. The molecule has 0 amide bonds. The summed E-state index contributed by atoms with van der Waals surface area (Å²) in [4.78, 5) is 19.1. The van der Waals surface area contributed by atoms with Crippen LogP contribution in [-0.2, 0) is 9.47 Å². The molecule has 0 spiro atoms. The van der Waals surface area contributed by atoms with Gasteiger partial charge in [0.25, 0.3) is 6.43 Å². The predicted octanol–water partition coefficient (Wildman–Crippen LogP) is 2.58. The van der Waals surface area contributed by atoms with Gasteiger partial charge in [-0.1, -0.05) is 0 Å². The number of rotatable bonds is 6. The zero-order chi connectivity index (χ0) is 25.7. The largest absolute Gasteiger partial charge is 0.384 e. The summed E-state index contributed by atoms with van der Waals surface area (Å²) in [6.07, 6.45) is -9.56. The van der Waals surface area contributed by atoms with Crippen molar-refractivity contribution < 1.29 is 35.8 Å². The highest BCUT2D eigenvalue weighted by molar-refractivity contribution is 5.64. The van der Waals surface area contributed by atoms with E-state index in [0.717, 1.165) is 19.2 Å². The molecule has 2 aromatic rings. The van der Waals surface area contributed by atoms with E-state index in [4.69, 9.17) is 15.2 Å². The fourth-order valence-corrected chi connectivity index (χ4v) is 4.73. The molecule has 0 radical (unpaired) electrons. The van der Waals surface area contributed by atoms with Crippen LogP contribution in [-0.4, -0.2) is 89.3 Å². The maximum Gasteiger partial charge on any atom is 0.264 e. The van der Waals surface area contributed by atoms with Crippen molar-refractivity contribution >= 4 is 17.7 Å². The van der Waals surface area contributed by atoms with Crippen molar-refractivity contribution in [2.75, 3.05) is 42.1 Å². The van der Waals surface area contributed by atoms with E-state index < -0.39 is 54.8 Å². The SMILES string of the molecule is CC(F)C(F)C1COCN1c1nc(-c2cnc(N)cc2C(F)F)nc(N2C3COCC2C(F)C3F)n1. The number of pyridine rings is 1. The second-order valence-corrected chi connectivity index (χ2v) is 8.88. The smallest absolute Gasteiger partial charge is 0.264 e. The summed E-state index contributed by atoms with van der Waals surface area (Å²) in [6, 6.07) is -2.32. The molecular weight excluding hydrogens is 496 g/mol. The second kappa shape index (κ2) is 9.50. The molecule has 36 heavy (non-hydrogen) atoms. The Labute approximate surface area is 201 Å². The first-order valence-corrected chi connectivity index (χ1v) is 11.2. The second-order valence-electron chi connectivity index (χ2n) is 8.88. The average molecular weight is 519 g/mol. The van der Waals surface area contributed by atoms with Gasteiger partial charge in [-0.25, -0.2) is 31.3 Å². The Morgan fingerprint density at radius 2 is 1.64 bits per heavy atom. The fraction of sp³-hybridized carbons (Fsp3) is 0.619. The molecule has 15 heteroatoms. The highest BCUT2D eigenvalue weighted by Gasteiger charge is 2.54. The summed E-state index contributed by atoms with van der Waals surface area (Å²) in [5.41, 5.74) is 4.84. The Balaban J connectivity index is 1.65. The molecule has 2 bridgehead atoms. The van der Waals surface area contributed by atoms with Crippen LogP contribution in [0.3, 0.4) is 0 Å². The van der Waals surface area contributed by atoms with E-state index in [1.54, 1.807) is 0 Å². The molecule has 7 unspecified atom stereocenters. The first-order valence-electron chi connectivity index (χ1n) is 11.2. The van der Waals surface area contributed by atoms with Gasteiger partial charge in [0.15, 0.2) is 24.3 Å². The van der Waals surface area contributed by atoms with Crippen LogP contribution in [0.5, 0.6) is 0 Å². The third-order valence-corrected chi connectivity index (χ3v) is 6.59. The van der Waals surface area contributed by atoms with Gasteiger partial charge in [0.2, 0.25) is 11.9 Å². The zero-order valence-electron chi connectivity index (χ0n) is 18.9. The molecule has 5 heterocycles. The molecule has 9 nitrogen and oxygen atoms in total. The Morgan fingerprint density at radius 3 is 2.28 bits per heavy atom. The molecule has 3 fully saturated rings. The molecule has 0 aliphatic carbocycles. The van der Waals surface area contributed by atoms with E-state index in [-0.39, 0.29) is 55.7 Å². The summed E-state index contributed by atoms with van der Waals surface area (Å²) in [5.74, 6) is -0.915. The van der Waals surface area contributed by atoms with Crippen LogP contribution < -0.4 is 15.5 Å². The van der Waals surface area contributed by atoms with E-state index in [2.05, 4.69) is 19.9 Å². The Bertz CT molecular complexity index is 1100. The molecule has 2 aromatic heterocycles. The van der Waals surface area contributed by atoms with Gasteiger partial charge in [0.1, 0.15) is 18.7 Å². The summed E-state index contributed by atoms with van der Waals surface area (Å²) in [5, 5.41) is 0. The molecule has 196 valence electrons. The molecule has 2 N–H and O–H groups in total. The van der Waals surface area contributed by atoms with Crippen LogP contribution >= 0.6 is 0 Å². The third-order valence-electron chi connectivity index (χ3n) is 6.59. The standard InChI is InChI=1S/C21H23F6N7O2/c1-8(22)15(23)11-4-36-7-33(11)20-30-19(10-3-29-14(28)2-9(10)18(26)27)31-21(32-20)34-12-5-35-6-13(34)17(25)16(12)24/h2-3,8,11-13,15-18H,4-7H2,1H3,(H2,28,29). The van der Waals surface area contributed by atoms with Gasteiger partial charge < -0.3 is 25.0 Å². The predicted molar refractivity (Wildman–Crippen MR) is 116 cm³/mol. The van der Waals surface area contributed by atoms with E-state index in [1.165, 1.54) is 9.80 Å². The number of nitrogens with zero attached hydrogens (tertiary/aromatic N) is 6. The lowest BCUT2D eigenvalue weighted by atomic mass is 10.1. The van der Waals surface area contributed by atoms with Crippen LogP contribution in [0.2, 0.25) is 0 Å². The van der Waals surface area contributed by atoms with Crippen molar-refractivity contribution in [3.63, 3.8) is 0 Å². The van der Waals surface area contributed by atoms with Crippen molar-refractivity contribution in [3.8, 4) is 11.4 Å². The van der Waals surface area contributed by atoms with E-state index in [1.807, 2.05) is 0 Å². The molecule has 3 aliphatic heterocycles. The van der Waals surface area contributed by atoms with Crippen LogP contribution in [0, 0.1) is 0 Å². The summed E-state index contributed by atoms with van der Waals surface area (Å²) < 4.78 is 96.2. The Morgan fingerprint density at radius 1 is 0.972 bits per heavy atom. The number of morpholine rings is 1.